The maximum Gasteiger partial charge on any atom is 0.252 e. The van der Waals surface area contributed by atoms with Crippen LogP contribution in [-0.2, 0) is 4.79 Å². The van der Waals surface area contributed by atoms with Gasteiger partial charge in [-0.05, 0) is 24.1 Å². The first kappa shape index (κ1) is 18.0. The Bertz CT molecular complexity index is 811. The Morgan fingerprint density at radius 2 is 1.88 bits per heavy atom. The topological polar surface area (TPSA) is 58.6 Å². The van der Waals surface area contributed by atoms with Gasteiger partial charge in [0.15, 0.2) is 0 Å². The Balaban J connectivity index is 1.90. The summed E-state index contributed by atoms with van der Waals surface area (Å²) in [6.07, 6.45) is 6.48. The number of aliphatic hydroxyl groups is 1. The highest BCUT2D eigenvalue weighted by molar-refractivity contribution is 6.24. The molecule has 4 nitrogen and oxygen atoms in total. The third-order valence-electron chi connectivity index (χ3n) is 4.49. The van der Waals surface area contributed by atoms with Gasteiger partial charge in [0, 0.05) is 29.7 Å². The molecule has 134 valence electrons. The normalized spacial score (nSPS) is 19.4. The van der Waals surface area contributed by atoms with Crippen LogP contribution in [0.4, 0.5) is 0 Å². The van der Waals surface area contributed by atoms with Gasteiger partial charge in [-0.15, -0.1) is 0 Å². The average Bonchev–Trinajstić information content (AvgIpc) is 3.14. The maximum absolute atomic E-state index is 13.0. The Morgan fingerprint density at radius 1 is 1.15 bits per heavy atom. The molecule has 2 aromatic rings. The molecule has 0 aromatic heterocycles. The lowest BCUT2D eigenvalue weighted by molar-refractivity contribution is -0.116. The molecule has 4 heteroatoms. The number of carbonyl (C=O) groups is 1. The van der Waals surface area contributed by atoms with Gasteiger partial charge < -0.3 is 15.2 Å². The molecule has 1 aliphatic carbocycles. The van der Waals surface area contributed by atoms with Gasteiger partial charge in [-0.3, -0.25) is 4.79 Å². The fraction of sp³-hybridized carbons (Fsp3) is 0.227. The number of rotatable bonds is 6. The van der Waals surface area contributed by atoms with Crippen molar-refractivity contribution in [3.63, 3.8) is 0 Å². The highest BCUT2D eigenvalue weighted by atomic mass is 16.5. The predicted octanol–water partition coefficient (Wildman–Crippen LogP) is 3.29. The molecule has 0 aliphatic heterocycles. The van der Waals surface area contributed by atoms with Gasteiger partial charge in [0.2, 0.25) is 0 Å². The first-order valence-corrected chi connectivity index (χ1v) is 8.71. The summed E-state index contributed by atoms with van der Waals surface area (Å²) >= 11 is 0. The Hall–Kier alpha value is -2.85. The van der Waals surface area contributed by atoms with Gasteiger partial charge >= 0.3 is 0 Å². The van der Waals surface area contributed by atoms with E-state index in [1.807, 2.05) is 72.8 Å². The van der Waals surface area contributed by atoms with Crippen molar-refractivity contribution in [2.75, 3.05) is 13.7 Å². The first-order chi connectivity index (χ1) is 12.7. The Morgan fingerprint density at radius 3 is 2.58 bits per heavy atom. The second kappa shape index (κ2) is 8.50. The molecule has 1 aliphatic rings. The van der Waals surface area contributed by atoms with E-state index in [4.69, 9.17) is 4.74 Å². The van der Waals surface area contributed by atoms with E-state index >= 15 is 0 Å². The van der Waals surface area contributed by atoms with Crippen molar-refractivity contribution in [2.24, 2.45) is 5.92 Å². The molecule has 0 heterocycles. The van der Waals surface area contributed by atoms with Crippen molar-refractivity contribution in [3.8, 4) is 5.75 Å². The highest BCUT2D eigenvalue weighted by Gasteiger charge is 2.22. The van der Waals surface area contributed by atoms with Crippen LogP contribution in [0, 0.1) is 5.92 Å². The largest absolute Gasteiger partial charge is 0.496 e. The van der Waals surface area contributed by atoms with Crippen LogP contribution in [-0.4, -0.2) is 30.8 Å². The zero-order valence-corrected chi connectivity index (χ0v) is 14.8. The summed E-state index contributed by atoms with van der Waals surface area (Å²) in [6.45, 7) is 0.103. The van der Waals surface area contributed by atoms with E-state index in [-0.39, 0.29) is 24.5 Å². The van der Waals surface area contributed by atoms with Crippen LogP contribution in [0.15, 0.2) is 66.7 Å². The molecule has 0 saturated carbocycles. The van der Waals surface area contributed by atoms with Crippen molar-refractivity contribution in [3.05, 3.63) is 77.9 Å². The number of amides is 1. The number of hydrogen-bond donors (Lipinski definition) is 2. The van der Waals surface area contributed by atoms with Crippen molar-refractivity contribution >= 4 is 17.6 Å². The monoisotopic (exact) mass is 349 g/mol. The summed E-state index contributed by atoms with van der Waals surface area (Å²) in [5, 5.41) is 12.3. The van der Waals surface area contributed by atoms with Gasteiger partial charge in [0.05, 0.1) is 7.11 Å². The van der Waals surface area contributed by atoms with Crippen LogP contribution in [0.2, 0.25) is 0 Å². The lowest BCUT2D eigenvalue weighted by atomic mass is 10.0. The number of carbonyl (C=O) groups excluding carboxylic acids is 1. The van der Waals surface area contributed by atoms with E-state index in [1.165, 1.54) is 0 Å². The van der Waals surface area contributed by atoms with Crippen LogP contribution in [0.3, 0.4) is 0 Å². The van der Waals surface area contributed by atoms with Crippen molar-refractivity contribution in [2.45, 2.75) is 12.5 Å². The fourth-order valence-corrected chi connectivity index (χ4v) is 3.10. The standard InChI is InChI=1S/C22H23NO3/c1-26-21-10-6-5-9-18(21)14-20(17-7-3-2-4-8-17)22(25)23-19-12-11-16(13-19)15-24/h2-12,14,16,19,24H,13,15H2,1H3,(H,23,25)/b20-14+/t16-,19+/m0/s1. The van der Waals surface area contributed by atoms with E-state index in [1.54, 1.807) is 7.11 Å². The van der Waals surface area contributed by atoms with Gasteiger partial charge in [-0.25, -0.2) is 0 Å². The van der Waals surface area contributed by atoms with Crippen LogP contribution < -0.4 is 10.1 Å². The molecule has 0 fully saturated rings. The minimum Gasteiger partial charge on any atom is -0.496 e. The van der Waals surface area contributed by atoms with E-state index in [9.17, 15) is 9.90 Å². The summed E-state index contributed by atoms with van der Waals surface area (Å²) in [6, 6.07) is 17.1. The summed E-state index contributed by atoms with van der Waals surface area (Å²) in [5.41, 5.74) is 2.27. The maximum atomic E-state index is 13.0. The van der Waals surface area contributed by atoms with Crippen molar-refractivity contribution < 1.29 is 14.6 Å². The van der Waals surface area contributed by atoms with Gasteiger partial charge in [0.25, 0.3) is 5.91 Å². The molecule has 26 heavy (non-hydrogen) atoms. The number of aliphatic hydroxyl groups excluding tert-OH is 1. The lowest BCUT2D eigenvalue weighted by Crippen LogP contribution is -2.33. The van der Waals surface area contributed by atoms with Crippen molar-refractivity contribution in [1.82, 2.24) is 5.32 Å². The highest BCUT2D eigenvalue weighted by Crippen LogP contribution is 2.25. The lowest BCUT2D eigenvalue weighted by Gasteiger charge is -2.15. The predicted molar refractivity (Wildman–Crippen MR) is 104 cm³/mol. The second-order valence-electron chi connectivity index (χ2n) is 6.31. The van der Waals surface area contributed by atoms with E-state index in [0.29, 0.717) is 5.57 Å². The molecule has 0 bridgehead atoms. The summed E-state index contributed by atoms with van der Waals surface area (Å²) in [7, 11) is 1.62. The molecule has 0 radical (unpaired) electrons. The Labute approximate surface area is 153 Å². The molecule has 0 saturated heterocycles. The van der Waals surface area contributed by atoms with E-state index in [0.717, 1.165) is 23.3 Å². The minimum atomic E-state index is -0.143. The number of hydrogen-bond acceptors (Lipinski definition) is 3. The molecule has 2 atom stereocenters. The third kappa shape index (κ3) is 4.21. The summed E-state index contributed by atoms with van der Waals surface area (Å²) < 4.78 is 5.41. The van der Waals surface area contributed by atoms with Crippen LogP contribution in [0.25, 0.3) is 11.6 Å². The zero-order valence-electron chi connectivity index (χ0n) is 14.8. The van der Waals surface area contributed by atoms with Crippen LogP contribution in [0.1, 0.15) is 17.5 Å². The zero-order chi connectivity index (χ0) is 18.4. The number of ether oxygens (including phenoxy) is 1. The number of para-hydroxylation sites is 1. The number of benzene rings is 2. The van der Waals surface area contributed by atoms with Gasteiger partial charge in [0.1, 0.15) is 5.75 Å². The molecule has 0 unspecified atom stereocenters. The quantitative estimate of drug-likeness (QED) is 0.478. The molecule has 1 amide bonds. The van der Waals surface area contributed by atoms with Crippen LogP contribution >= 0.6 is 0 Å². The first-order valence-electron chi connectivity index (χ1n) is 8.71. The average molecular weight is 349 g/mol. The van der Waals surface area contributed by atoms with E-state index in [2.05, 4.69) is 5.32 Å². The third-order valence-corrected chi connectivity index (χ3v) is 4.49. The Kier molecular flexibility index (Phi) is 5.87. The van der Waals surface area contributed by atoms with Gasteiger partial charge in [-0.2, -0.15) is 0 Å². The smallest absolute Gasteiger partial charge is 0.252 e. The molecular formula is C22H23NO3. The second-order valence-corrected chi connectivity index (χ2v) is 6.31. The van der Waals surface area contributed by atoms with Gasteiger partial charge in [-0.1, -0.05) is 60.7 Å². The molecule has 3 rings (SSSR count). The molecule has 0 spiro atoms. The molecule has 2 aromatic carbocycles. The molecule has 2 N–H and O–H groups in total. The van der Waals surface area contributed by atoms with E-state index < -0.39 is 0 Å². The fourth-order valence-electron chi connectivity index (χ4n) is 3.10. The molecular weight excluding hydrogens is 326 g/mol. The SMILES string of the molecule is COc1ccccc1/C=C(/C(=O)N[C@@H]1C=C[C@H](CO)C1)c1ccccc1. The summed E-state index contributed by atoms with van der Waals surface area (Å²) in [4.78, 5) is 13.0. The summed E-state index contributed by atoms with van der Waals surface area (Å²) in [5.74, 6) is 0.684. The van der Waals surface area contributed by atoms with Crippen molar-refractivity contribution in [1.29, 1.82) is 0 Å². The minimum absolute atomic E-state index is 0.0653. The van der Waals surface area contributed by atoms with Crippen LogP contribution in [0.5, 0.6) is 5.75 Å². The number of nitrogens with one attached hydrogen (secondary N) is 1. The number of methoxy groups -OCH3 is 1.